The molecule has 0 radical (unpaired) electrons. The zero-order chi connectivity index (χ0) is 15.1. The third kappa shape index (κ3) is 5.67. The number of carbonyl (C=O) groups is 2. The highest BCUT2D eigenvalue weighted by atomic mass is 35.5. The highest BCUT2D eigenvalue weighted by Gasteiger charge is 2.13. The molecule has 1 aromatic carbocycles. The zero-order valence-electron chi connectivity index (χ0n) is 10.9. The van der Waals surface area contributed by atoms with Gasteiger partial charge in [0.25, 0.3) is 0 Å². The average molecular weight is 320 g/mol. The lowest BCUT2D eigenvalue weighted by Gasteiger charge is -2.10. The molecule has 0 aromatic heterocycles. The molecule has 0 spiro atoms. The van der Waals surface area contributed by atoms with Crippen molar-refractivity contribution in [3.8, 4) is 5.75 Å². The van der Waals surface area contributed by atoms with Gasteiger partial charge in [-0.05, 0) is 31.5 Å². The van der Waals surface area contributed by atoms with E-state index in [1.165, 1.54) is 6.92 Å². The molecular weight excluding hydrogens is 305 g/mol. The van der Waals surface area contributed by atoms with E-state index in [1.54, 1.807) is 18.2 Å². The van der Waals surface area contributed by atoms with Crippen LogP contribution in [0.3, 0.4) is 0 Å². The summed E-state index contributed by atoms with van der Waals surface area (Å²) < 4.78 is 5.41. The Morgan fingerprint density at radius 3 is 2.70 bits per heavy atom. The maximum atomic E-state index is 11.4. The minimum atomic E-state index is -1.07. The van der Waals surface area contributed by atoms with Gasteiger partial charge in [0, 0.05) is 11.4 Å². The Kier molecular flexibility index (Phi) is 6.61. The van der Waals surface area contributed by atoms with Crippen LogP contribution in [0.4, 0.5) is 0 Å². The van der Waals surface area contributed by atoms with E-state index in [4.69, 9.17) is 33.0 Å². The van der Waals surface area contributed by atoms with Crippen LogP contribution in [-0.4, -0.2) is 29.6 Å². The first-order valence-electron chi connectivity index (χ1n) is 6.00. The van der Waals surface area contributed by atoms with Gasteiger partial charge in [0.15, 0.2) is 0 Å². The summed E-state index contributed by atoms with van der Waals surface area (Å²) in [6.45, 7) is 1.71. The topological polar surface area (TPSA) is 75.6 Å². The van der Waals surface area contributed by atoms with Crippen LogP contribution in [0.25, 0.3) is 0 Å². The Morgan fingerprint density at radius 2 is 2.10 bits per heavy atom. The second-order valence-electron chi connectivity index (χ2n) is 4.15. The van der Waals surface area contributed by atoms with Crippen LogP contribution in [0.2, 0.25) is 10.0 Å². The molecule has 0 saturated heterocycles. The van der Waals surface area contributed by atoms with Gasteiger partial charge in [-0.15, -0.1) is 0 Å². The SMILES string of the molecule is C[C@H](NC(=O)CCCOc1ccc(Cl)cc1Cl)C(=O)O. The van der Waals surface area contributed by atoms with E-state index in [0.29, 0.717) is 28.8 Å². The van der Waals surface area contributed by atoms with Crippen LogP contribution in [0, 0.1) is 0 Å². The Morgan fingerprint density at radius 1 is 1.40 bits per heavy atom. The van der Waals surface area contributed by atoms with Crippen molar-refractivity contribution in [1.82, 2.24) is 5.32 Å². The maximum absolute atomic E-state index is 11.4. The number of carbonyl (C=O) groups excluding carboxylic acids is 1. The van der Waals surface area contributed by atoms with E-state index in [9.17, 15) is 9.59 Å². The number of nitrogens with one attached hydrogen (secondary N) is 1. The standard InChI is InChI=1S/C13H15Cl2NO4/c1-8(13(18)19)16-12(17)3-2-6-20-11-5-4-9(14)7-10(11)15/h4-5,7-8H,2-3,6H2,1H3,(H,16,17)(H,18,19)/t8-/m0/s1. The molecule has 1 atom stereocenters. The normalized spacial score (nSPS) is 11.8. The van der Waals surface area contributed by atoms with Crippen molar-refractivity contribution in [3.05, 3.63) is 28.2 Å². The molecule has 0 aliphatic heterocycles. The second kappa shape index (κ2) is 7.97. The lowest BCUT2D eigenvalue weighted by molar-refractivity contribution is -0.141. The molecule has 1 rings (SSSR count). The van der Waals surface area contributed by atoms with Gasteiger partial charge in [-0.2, -0.15) is 0 Å². The Bertz CT molecular complexity index is 493. The molecule has 110 valence electrons. The predicted octanol–water partition coefficient (Wildman–Crippen LogP) is 2.74. The van der Waals surface area contributed by atoms with E-state index in [1.807, 2.05) is 0 Å². The largest absolute Gasteiger partial charge is 0.492 e. The van der Waals surface area contributed by atoms with Crippen LogP contribution >= 0.6 is 23.2 Å². The number of carboxylic acids is 1. The summed E-state index contributed by atoms with van der Waals surface area (Å²) in [6, 6.07) is 3.98. The van der Waals surface area contributed by atoms with E-state index in [0.717, 1.165) is 0 Å². The molecule has 7 heteroatoms. The first kappa shape index (κ1) is 16.6. The van der Waals surface area contributed by atoms with Gasteiger partial charge in [-0.25, -0.2) is 0 Å². The summed E-state index contributed by atoms with van der Waals surface area (Å²) in [5.74, 6) is -0.899. The van der Waals surface area contributed by atoms with E-state index in [-0.39, 0.29) is 12.3 Å². The quantitative estimate of drug-likeness (QED) is 0.758. The number of hydrogen-bond acceptors (Lipinski definition) is 3. The highest BCUT2D eigenvalue weighted by molar-refractivity contribution is 6.35. The molecular formula is C13H15Cl2NO4. The molecule has 20 heavy (non-hydrogen) atoms. The lowest BCUT2D eigenvalue weighted by Crippen LogP contribution is -2.38. The number of halogens is 2. The molecule has 0 unspecified atom stereocenters. The molecule has 2 N–H and O–H groups in total. The second-order valence-corrected chi connectivity index (χ2v) is 5.00. The van der Waals surface area contributed by atoms with Crippen LogP contribution in [0.15, 0.2) is 18.2 Å². The van der Waals surface area contributed by atoms with Crippen molar-refractivity contribution in [2.45, 2.75) is 25.8 Å². The number of carboxylic acid groups (broad SMARTS) is 1. The van der Waals surface area contributed by atoms with Gasteiger partial charge >= 0.3 is 5.97 Å². The van der Waals surface area contributed by atoms with Crippen molar-refractivity contribution in [1.29, 1.82) is 0 Å². The summed E-state index contributed by atoms with van der Waals surface area (Å²) >= 11 is 11.7. The summed E-state index contributed by atoms with van der Waals surface area (Å²) in [5, 5.41) is 11.9. The minimum Gasteiger partial charge on any atom is -0.492 e. The van der Waals surface area contributed by atoms with Gasteiger partial charge in [0.05, 0.1) is 11.6 Å². The van der Waals surface area contributed by atoms with Gasteiger partial charge in [0.1, 0.15) is 11.8 Å². The molecule has 0 bridgehead atoms. The van der Waals surface area contributed by atoms with Crippen molar-refractivity contribution in [2.75, 3.05) is 6.61 Å². The molecule has 5 nitrogen and oxygen atoms in total. The fraction of sp³-hybridized carbons (Fsp3) is 0.385. The van der Waals surface area contributed by atoms with Crippen LogP contribution in [0.1, 0.15) is 19.8 Å². The highest BCUT2D eigenvalue weighted by Crippen LogP contribution is 2.27. The number of rotatable bonds is 7. The van der Waals surface area contributed by atoms with Gasteiger partial charge in [0.2, 0.25) is 5.91 Å². The monoisotopic (exact) mass is 319 g/mol. The number of aliphatic carboxylic acids is 1. The molecule has 0 saturated carbocycles. The summed E-state index contributed by atoms with van der Waals surface area (Å²) in [7, 11) is 0. The number of benzene rings is 1. The first-order chi connectivity index (χ1) is 9.40. The van der Waals surface area contributed by atoms with Gasteiger partial charge < -0.3 is 15.2 Å². The fourth-order valence-electron chi connectivity index (χ4n) is 1.38. The first-order valence-corrected chi connectivity index (χ1v) is 6.75. The van der Waals surface area contributed by atoms with Crippen molar-refractivity contribution in [3.63, 3.8) is 0 Å². The molecule has 0 aliphatic rings. The van der Waals surface area contributed by atoms with Crippen LogP contribution < -0.4 is 10.1 Å². The third-order valence-corrected chi connectivity index (χ3v) is 2.98. The molecule has 0 aliphatic carbocycles. The Balaban J connectivity index is 2.28. The van der Waals surface area contributed by atoms with Crippen molar-refractivity contribution >= 4 is 35.1 Å². The Labute approximate surface area is 126 Å². The lowest BCUT2D eigenvalue weighted by atomic mass is 10.2. The van der Waals surface area contributed by atoms with Crippen LogP contribution in [-0.2, 0) is 9.59 Å². The number of amides is 1. The fourth-order valence-corrected chi connectivity index (χ4v) is 1.85. The average Bonchev–Trinajstić information content (AvgIpc) is 2.36. The van der Waals surface area contributed by atoms with Gasteiger partial charge in [-0.3, -0.25) is 9.59 Å². The zero-order valence-corrected chi connectivity index (χ0v) is 12.4. The number of ether oxygens (including phenoxy) is 1. The van der Waals surface area contributed by atoms with Gasteiger partial charge in [-0.1, -0.05) is 23.2 Å². The summed E-state index contributed by atoms with van der Waals surface area (Å²) in [4.78, 5) is 22.0. The smallest absolute Gasteiger partial charge is 0.325 e. The van der Waals surface area contributed by atoms with E-state index in [2.05, 4.69) is 5.32 Å². The predicted molar refractivity (Wildman–Crippen MR) is 76.4 cm³/mol. The molecule has 0 heterocycles. The third-order valence-electron chi connectivity index (χ3n) is 2.45. The minimum absolute atomic E-state index is 0.183. The van der Waals surface area contributed by atoms with Crippen molar-refractivity contribution < 1.29 is 19.4 Å². The van der Waals surface area contributed by atoms with E-state index >= 15 is 0 Å². The maximum Gasteiger partial charge on any atom is 0.325 e. The molecule has 0 fully saturated rings. The molecule has 1 amide bonds. The van der Waals surface area contributed by atoms with E-state index < -0.39 is 12.0 Å². The summed E-state index contributed by atoms with van der Waals surface area (Å²) in [5.41, 5.74) is 0. The summed E-state index contributed by atoms with van der Waals surface area (Å²) in [6.07, 6.45) is 0.639. The van der Waals surface area contributed by atoms with Crippen LogP contribution in [0.5, 0.6) is 5.75 Å². The molecule has 1 aromatic rings. The van der Waals surface area contributed by atoms with Crippen molar-refractivity contribution in [2.24, 2.45) is 0 Å². The number of hydrogen-bond donors (Lipinski definition) is 2. The Hall–Kier alpha value is -1.46.